The van der Waals surface area contributed by atoms with Gasteiger partial charge < -0.3 is 0 Å². The molecule has 0 saturated heterocycles. The topological polar surface area (TPSA) is 0 Å². The third-order valence-corrected chi connectivity index (χ3v) is 2.78. The summed E-state index contributed by atoms with van der Waals surface area (Å²) < 4.78 is 1.43. The molecule has 1 aromatic carbocycles. The van der Waals surface area contributed by atoms with E-state index >= 15 is 0 Å². The van der Waals surface area contributed by atoms with Gasteiger partial charge in [0.15, 0.2) is 0 Å². The first-order valence-corrected chi connectivity index (χ1v) is 4.49. The molecule has 1 heteroatoms. The minimum absolute atomic E-state index is 1.13. The van der Waals surface area contributed by atoms with Crippen LogP contribution in [0.4, 0.5) is 0 Å². The van der Waals surface area contributed by atoms with E-state index in [-0.39, 0.29) is 0 Å². The lowest BCUT2D eigenvalue weighted by molar-refractivity contribution is 1.11. The van der Waals surface area contributed by atoms with Crippen LogP contribution in [0.15, 0.2) is 30.3 Å². The van der Waals surface area contributed by atoms with Crippen molar-refractivity contribution in [1.29, 1.82) is 0 Å². The lowest BCUT2D eigenvalue weighted by Gasteiger charge is -2.03. The van der Waals surface area contributed by atoms with Gasteiger partial charge in [-0.1, -0.05) is 59.8 Å². The predicted octanol–water partition coefficient (Wildman–Crippen LogP) is 3.41. The number of hydrogen-bond acceptors (Lipinski definition) is 0. The molecule has 0 aliphatic carbocycles. The zero-order chi connectivity index (χ0) is 7.40. The Morgan fingerprint density at radius 3 is 2.40 bits per heavy atom. The van der Waals surface area contributed by atoms with Gasteiger partial charge in [-0.25, -0.2) is 0 Å². The highest BCUT2D eigenvalue weighted by Gasteiger charge is 2.02. The van der Waals surface area contributed by atoms with Crippen molar-refractivity contribution < 1.29 is 0 Å². The summed E-state index contributed by atoms with van der Waals surface area (Å²) in [6, 6.07) is 10.5. The van der Waals surface area contributed by atoms with Crippen LogP contribution in [0.25, 0.3) is 0 Å². The standard InChI is InChI=1S/C9H10I/c1-2-9(10)8-6-4-3-5-7-8/h3-7H,2H2,1H3. The minimum atomic E-state index is 1.13. The van der Waals surface area contributed by atoms with Gasteiger partial charge in [0.1, 0.15) is 0 Å². The Morgan fingerprint density at radius 1 is 1.30 bits per heavy atom. The lowest BCUT2D eigenvalue weighted by Crippen LogP contribution is -1.85. The van der Waals surface area contributed by atoms with Crippen molar-refractivity contribution in [2.45, 2.75) is 13.3 Å². The van der Waals surface area contributed by atoms with Crippen LogP contribution in [0.3, 0.4) is 0 Å². The van der Waals surface area contributed by atoms with Crippen LogP contribution in [0.2, 0.25) is 0 Å². The van der Waals surface area contributed by atoms with E-state index in [1.165, 1.54) is 9.49 Å². The molecule has 0 spiro atoms. The van der Waals surface area contributed by atoms with Gasteiger partial charge in [-0.15, -0.1) is 0 Å². The fraction of sp³-hybridized carbons (Fsp3) is 0.222. The van der Waals surface area contributed by atoms with Crippen LogP contribution in [0.5, 0.6) is 0 Å². The molecule has 0 heterocycles. The van der Waals surface area contributed by atoms with Crippen LogP contribution in [0.1, 0.15) is 18.9 Å². The van der Waals surface area contributed by atoms with E-state index in [4.69, 9.17) is 0 Å². The van der Waals surface area contributed by atoms with E-state index in [2.05, 4.69) is 53.8 Å². The highest BCUT2D eigenvalue weighted by atomic mass is 127. The van der Waals surface area contributed by atoms with E-state index < -0.39 is 0 Å². The van der Waals surface area contributed by atoms with Gasteiger partial charge in [-0.05, 0) is 12.0 Å². The van der Waals surface area contributed by atoms with Gasteiger partial charge >= 0.3 is 0 Å². The normalized spacial score (nSPS) is 10.3. The van der Waals surface area contributed by atoms with Crippen LogP contribution in [0, 0.1) is 3.92 Å². The summed E-state index contributed by atoms with van der Waals surface area (Å²) in [4.78, 5) is 0. The second-order valence-corrected chi connectivity index (χ2v) is 3.43. The maximum atomic E-state index is 2.39. The first kappa shape index (κ1) is 8.05. The first-order chi connectivity index (χ1) is 4.84. The zero-order valence-electron chi connectivity index (χ0n) is 5.97. The molecular weight excluding hydrogens is 235 g/mol. The average Bonchev–Trinajstić information content (AvgIpc) is 2.05. The maximum absolute atomic E-state index is 2.39. The van der Waals surface area contributed by atoms with Gasteiger partial charge in [0.2, 0.25) is 0 Å². The quantitative estimate of drug-likeness (QED) is 0.700. The van der Waals surface area contributed by atoms with Gasteiger partial charge in [-0.3, -0.25) is 0 Å². The van der Waals surface area contributed by atoms with Crippen molar-refractivity contribution in [2.24, 2.45) is 0 Å². The largest absolute Gasteiger partial charge is 0.0718 e. The Bertz CT molecular complexity index is 181. The lowest BCUT2D eigenvalue weighted by atomic mass is 10.1. The summed E-state index contributed by atoms with van der Waals surface area (Å²) in [5.74, 6) is 0. The van der Waals surface area contributed by atoms with E-state index in [1.807, 2.05) is 6.07 Å². The van der Waals surface area contributed by atoms with Gasteiger partial charge in [-0.2, -0.15) is 0 Å². The van der Waals surface area contributed by atoms with Crippen molar-refractivity contribution in [1.82, 2.24) is 0 Å². The van der Waals surface area contributed by atoms with Crippen LogP contribution in [-0.4, -0.2) is 0 Å². The molecule has 1 rings (SSSR count). The summed E-state index contributed by atoms with van der Waals surface area (Å²) in [6.45, 7) is 2.18. The molecule has 0 N–H and O–H groups in total. The molecule has 10 heavy (non-hydrogen) atoms. The van der Waals surface area contributed by atoms with Crippen molar-refractivity contribution in [2.75, 3.05) is 0 Å². The van der Waals surface area contributed by atoms with E-state index in [0.29, 0.717) is 0 Å². The molecule has 0 saturated carbocycles. The van der Waals surface area contributed by atoms with Crippen molar-refractivity contribution in [3.63, 3.8) is 0 Å². The van der Waals surface area contributed by atoms with Crippen LogP contribution in [-0.2, 0) is 0 Å². The second-order valence-electron chi connectivity index (χ2n) is 2.12. The predicted molar refractivity (Wildman–Crippen MR) is 53.1 cm³/mol. The Labute approximate surface area is 75.8 Å². The fourth-order valence-corrected chi connectivity index (χ4v) is 1.18. The molecule has 0 aliphatic heterocycles. The Balaban J connectivity index is 2.75. The van der Waals surface area contributed by atoms with Crippen molar-refractivity contribution in [3.8, 4) is 0 Å². The summed E-state index contributed by atoms with van der Waals surface area (Å²) in [5.41, 5.74) is 1.35. The molecule has 0 unspecified atom stereocenters. The number of rotatable bonds is 2. The zero-order valence-corrected chi connectivity index (χ0v) is 8.13. The van der Waals surface area contributed by atoms with E-state index in [9.17, 15) is 0 Å². The summed E-state index contributed by atoms with van der Waals surface area (Å²) >= 11 is 2.39. The summed E-state index contributed by atoms with van der Waals surface area (Å²) in [5, 5.41) is 0. The molecule has 1 aromatic rings. The smallest absolute Gasteiger partial charge is 0.0653 e. The molecule has 0 amide bonds. The molecule has 0 atom stereocenters. The summed E-state index contributed by atoms with van der Waals surface area (Å²) in [7, 11) is 0. The Morgan fingerprint density at radius 2 is 1.90 bits per heavy atom. The molecule has 53 valence electrons. The minimum Gasteiger partial charge on any atom is -0.0718 e. The second kappa shape index (κ2) is 3.96. The molecule has 0 aliphatic rings. The molecule has 0 bridgehead atoms. The summed E-state index contributed by atoms with van der Waals surface area (Å²) in [6.07, 6.45) is 1.13. The van der Waals surface area contributed by atoms with Crippen LogP contribution < -0.4 is 0 Å². The third-order valence-electron chi connectivity index (χ3n) is 1.40. The van der Waals surface area contributed by atoms with Crippen molar-refractivity contribution in [3.05, 3.63) is 39.8 Å². The third kappa shape index (κ3) is 1.97. The maximum Gasteiger partial charge on any atom is 0.0653 e. The van der Waals surface area contributed by atoms with Crippen LogP contribution >= 0.6 is 22.6 Å². The van der Waals surface area contributed by atoms with E-state index in [0.717, 1.165) is 6.42 Å². The number of hydrogen-bond donors (Lipinski definition) is 0. The van der Waals surface area contributed by atoms with Gasteiger partial charge in [0.05, 0.1) is 3.92 Å². The highest BCUT2D eigenvalue weighted by molar-refractivity contribution is 14.1. The number of halogens is 1. The first-order valence-electron chi connectivity index (χ1n) is 3.41. The fourth-order valence-electron chi connectivity index (χ4n) is 0.823. The van der Waals surface area contributed by atoms with Crippen molar-refractivity contribution >= 4 is 22.6 Å². The Hall–Kier alpha value is -0.0500. The highest BCUT2D eigenvalue weighted by Crippen LogP contribution is 2.24. The molecule has 0 fully saturated rings. The Kier molecular flexibility index (Phi) is 3.19. The van der Waals surface area contributed by atoms with E-state index in [1.54, 1.807) is 0 Å². The molecular formula is C9H10I. The van der Waals surface area contributed by atoms with Gasteiger partial charge in [0.25, 0.3) is 0 Å². The monoisotopic (exact) mass is 245 g/mol. The van der Waals surface area contributed by atoms with Gasteiger partial charge in [0, 0.05) is 0 Å². The molecule has 0 nitrogen and oxygen atoms in total. The SMILES string of the molecule is CC[C](I)c1ccccc1. The average molecular weight is 245 g/mol. The molecule has 0 aromatic heterocycles. The number of benzene rings is 1. The molecule has 1 radical (unpaired) electrons.